The number of rotatable bonds is 4. The van der Waals surface area contributed by atoms with Crippen molar-refractivity contribution in [2.45, 2.75) is 13.8 Å². The van der Waals surface area contributed by atoms with Crippen molar-refractivity contribution in [3.63, 3.8) is 0 Å². The third-order valence-electron chi connectivity index (χ3n) is 4.77. The van der Waals surface area contributed by atoms with Crippen molar-refractivity contribution in [3.05, 3.63) is 47.5 Å². The number of benzene rings is 2. The van der Waals surface area contributed by atoms with E-state index in [2.05, 4.69) is 4.98 Å². The summed E-state index contributed by atoms with van der Waals surface area (Å²) in [5.41, 5.74) is 4.31. The lowest BCUT2D eigenvalue weighted by molar-refractivity contribution is -0.137. The van der Waals surface area contributed by atoms with E-state index < -0.39 is 0 Å². The molecule has 27 heavy (non-hydrogen) atoms. The summed E-state index contributed by atoms with van der Waals surface area (Å²) < 4.78 is 17.2. The minimum atomic E-state index is -0.0408. The van der Waals surface area contributed by atoms with Crippen LogP contribution in [0.25, 0.3) is 22.6 Å². The van der Waals surface area contributed by atoms with E-state index in [0.29, 0.717) is 37.9 Å². The average Bonchev–Trinajstić information content (AvgIpc) is 3.13. The Kier molecular flexibility index (Phi) is 4.81. The van der Waals surface area contributed by atoms with Crippen molar-refractivity contribution in [1.29, 1.82) is 0 Å². The highest BCUT2D eigenvalue weighted by molar-refractivity contribution is 5.81. The first-order valence-corrected chi connectivity index (χ1v) is 9.08. The van der Waals surface area contributed by atoms with Crippen LogP contribution in [-0.4, -0.2) is 48.7 Å². The van der Waals surface area contributed by atoms with Gasteiger partial charge in [0.15, 0.2) is 12.2 Å². The van der Waals surface area contributed by atoms with Gasteiger partial charge in [0.1, 0.15) is 11.3 Å². The smallest absolute Gasteiger partial charge is 0.260 e. The van der Waals surface area contributed by atoms with Crippen molar-refractivity contribution in [1.82, 2.24) is 9.88 Å². The first kappa shape index (κ1) is 17.5. The molecule has 0 N–H and O–H groups in total. The van der Waals surface area contributed by atoms with E-state index >= 15 is 0 Å². The number of ether oxygens (including phenoxy) is 2. The Hall–Kier alpha value is -2.86. The normalized spacial score (nSPS) is 14.5. The predicted octanol–water partition coefficient (Wildman–Crippen LogP) is 3.35. The van der Waals surface area contributed by atoms with Crippen LogP contribution >= 0.6 is 0 Å². The van der Waals surface area contributed by atoms with Crippen LogP contribution in [0.15, 0.2) is 40.8 Å². The van der Waals surface area contributed by atoms with Gasteiger partial charge in [-0.05, 0) is 37.1 Å². The Labute approximate surface area is 157 Å². The van der Waals surface area contributed by atoms with Crippen LogP contribution in [0.4, 0.5) is 0 Å². The largest absolute Gasteiger partial charge is 0.483 e. The fourth-order valence-electron chi connectivity index (χ4n) is 3.25. The molecule has 0 spiro atoms. The van der Waals surface area contributed by atoms with E-state index in [1.807, 2.05) is 50.2 Å². The Morgan fingerprint density at radius 1 is 1.11 bits per heavy atom. The van der Waals surface area contributed by atoms with Crippen LogP contribution in [0.1, 0.15) is 11.1 Å². The van der Waals surface area contributed by atoms with Crippen molar-refractivity contribution < 1.29 is 18.7 Å². The number of carbonyl (C=O) groups excluding carboxylic acids is 1. The van der Waals surface area contributed by atoms with Crippen molar-refractivity contribution in [2.24, 2.45) is 0 Å². The number of morpholine rings is 1. The molecule has 2 heterocycles. The van der Waals surface area contributed by atoms with Crippen LogP contribution in [0.2, 0.25) is 0 Å². The fraction of sp³-hybridized carbons (Fsp3) is 0.333. The monoisotopic (exact) mass is 366 g/mol. The number of fused-ring (bicyclic) bond motifs is 1. The van der Waals surface area contributed by atoms with Crippen LogP contribution in [0.3, 0.4) is 0 Å². The molecule has 0 bridgehead atoms. The van der Waals surface area contributed by atoms with E-state index in [4.69, 9.17) is 13.9 Å². The summed E-state index contributed by atoms with van der Waals surface area (Å²) in [4.78, 5) is 18.8. The third kappa shape index (κ3) is 3.53. The number of nitrogens with zero attached hydrogens (tertiary/aromatic N) is 2. The lowest BCUT2D eigenvalue weighted by Gasteiger charge is -2.27. The van der Waals surface area contributed by atoms with Gasteiger partial charge < -0.3 is 18.8 Å². The molecule has 140 valence electrons. The van der Waals surface area contributed by atoms with Crippen molar-refractivity contribution >= 4 is 17.0 Å². The van der Waals surface area contributed by atoms with E-state index in [1.165, 1.54) is 0 Å². The molecule has 1 fully saturated rings. The second-order valence-electron chi connectivity index (χ2n) is 6.67. The molecule has 6 nitrogen and oxygen atoms in total. The van der Waals surface area contributed by atoms with E-state index in [0.717, 1.165) is 27.8 Å². The molecule has 3 aromatic rings. The molecule has 1 amide bonds. The highest BCUT2D eigenvalue weighted by atomic mass is 16.5. The van der Waals surface area contributed by atoms with Crippen LogP contribution in [-0.2, 0) is 9.53 Å². The lowest BCUT2D eigenvalue weighted by Crippen LogP contribution is -2.43. The molecular weight excluding hydrogens is 344 g/mol. The minimum Gasteiger partial charge on any atom is -0.483 e. The number of amides is 1. The predicted molar refractivity (Wildman–Crippen MR) is 102 cm³/mol. The number of carbonyl (C=O) groups is 1. The molecule has 1 aliphatic heterocycles. The van der Waals surface area contributed by atoms with Crippen molar-refractivity contribution in [3.8, 4) is 17.2 Å². The van der Waals surface area contributed by atoms with Gasteiger partial charge in [0.2, 0.25) is 5.89 Å². The molecule has 4 rings (SSSR count). The highest BCUT2D eigenvalue weighted by Gasteiger charge is 2.20. The van der Waals surface area contributed by atoms with E-state index in [-0.39, 0.29) is 12.5 Å². The summed E-state index contributed by atoms with van der Waals surface area (Å²) >= 11 is 0. The van der Waals surface area contributed by atoms with E-state index in [1.54, 1.807) is 4.90 Å². The van der Waals surface area contributed by atoms with Crippen LogP contribution in [0.5, 0.6) is 5.75 Å². The summed E-state index contributed by atoms with van der Waals surface area (Å²) in [6, 6.07) is 11.6. The number of para-hydroxylation sites is 2. The van der Waals surface area contributed by atoms with Crippen LogP contribution < -0.4 is 4.74 Å². The number of aryl methyl sites for hydroxylation is 2. The zero-order valence-electron chi connectivity index (χ0n) is 15.5. The lowest BCUT2D eigenvalue weighted by atomic mass is 10.1. The summed E-state index contributed by atoms with van der Waals surface area (Å²) in [5, 5.41) is 0. The van der Waals surface area contributed by atoms with Crippen molar-refractivity contribution in [2.75, 3.05) is 32.9 Å². The molecule has 1 aromatic heterocycles. The Morgan fingerprint density at radius 2 is 1.85 bits per heavy atom. The highest BCUT2D eigenvalue weighted by Crippen LogP contribution is 2.34. The quantitative estimate of drug-likeness (QED) is 0.708. The van der Waals surface area contributed by atoms with Gasteiger partial charge in [0, 0.05) is 13.1 Å². The molecule has 0 aliphatic carbocycles. The molecule has 1 aliphatic rings. The molecule has 0 atom stereocenters. The fourth-order valence-corrected chi connectivity index (χ4v) is 3.25. The number of hydrogen-bond acceptors (Lipinski definition) is 5. The summed E-state index contributed by atoms with van der Waals surface area (Å²) in [7, 11) is 0. The van der Waals surface area contributed by atoms with Crippen LogP contribution in [0, 0.1) is 13.8 Å². The SMILES string of the molecule is Cc1cccc(-c2nc3c(C)cccc3o2)c1OCC(=O)N1CCOCC1. The zero-order valence-corrected chi connectivity index (χ0v) is 15.5. The Balaban J connectivity index is 1.61. The van der Waals surface area contributed by atoms with Gasteiger partial charge in [-0.15, -0.1) is 0 Å². The summed E-state index contributed by atoms with van der Waals surface area (Å²) in [5.74, 6) is 1.08. The number of aromatic nitrogens is 1. The second-order valence-corrected chi connectivity index (χ2v) is 6.67. The molecule has 1 saturated heterocycles. The van der Waals surface area contributed by atoms with E-state index in [9.17, 15) is 4.79 Å². The first-order chi connectivity index (χ1) is 13.1. The van der Waals surface area contributed by atoms with Gasteiger partial charge in [-0.25, -0.2) is 4.98 Å². The molecule has 0 unspecified atom stereocenters. The average molecular weight is 366 g/mol. The zero-order chi connectivity index (χ0) is 18.8. The molecule has 0 saturated carbocycles. The van der Waals surface area contributed by atoms with Gasteiger partial charge in [-0.3, -0.25) is 4.79 Å². The maximum atomic E-state index is 12.4. The Morgan fingerprint density at radius 3 is 2.63 bits per heavy atom. The van der Waals surface area contributed by atoms with Gasteiger partial charge in [-0.1, -0.05) is 24.3 Å². The maximum absolute atomic E-state index is 12.4. The first-order valence-electron chi connectivity index (χ1n) is 9.08. The van der Waals surface area contributed by atoms with Gasteiger partial charge in [0.05, 0.1) is 18.8 Å². The standard InChI is InChI=1S/C21H22N2O4/c1-14-5-4-8-17-19(14)22-21(27-17)16-7-3-6-15(2)20(16)26-13-18(24)23-9-11-25-12-10-23/h3-8H,9-13H2,1-2H3. The molecule has 2 aromatic carbocycles. The third-order valence-corrected chi connectivity index (χ3v) is 4.77. The van der Waals surface area contributed by atoms with Gasteiger partial charge >= 0.3 is 0 Å². The minimum absolute atomic E-state index is 0.0168. The summed E-state index contributed by atoms with van der Waals surface area (Å²) in [6.07, 6.45) is 0. The van der Waals surface area contributed by atoms with Gasteiger partial charge in [0.25, 0.3) is 5.91 Å². The second kappa shape index (κ2) is 7.40. The van der Waals surface area contributed by atoms with Gasteiger partial charge in [-0.2, -0.15) is 0 Å². The number of hydrogen-bond donors (Lipinski definition) is 0. The number of oxazole rings is 1. The molecule has 0 radical (unpaired) electrons. The molecule has 6 heteroatoms. The topological polar surface area (TPSA) is 64.8 Å². The maximum Gasteiger partial charge on any atom is 0.260 e. The summed E-state index contributed by atoms with van der Waals surface area (Å²) in [6.45, 7) is 6.29. The molecular formula is C21H22N2O4. The Bertz CT molecular complexity index is 973.